The minimum atomic E-state index is -1.46. The summed E-state index contributed by atoms with van der Waals surface area (Å²) in [4.78, 5) is 70.0. The minimum Gasteiger partial charge on any atom is -0.508 e. The first-order valence-corrected chi connectivity index (χ1v) is 17.4. The van der Waals surface area contributed by atoms with Gasteiger partial charge in [-0.05, 0) is 73.9 Å². The van der Waals surface area contributed by atoms with E-state index in [1.807, 2.05) is 55.5 Å². The van der Waals surface area contributed by atoms with Crippen LogP contribution in [-0.4, -0.2) is 56.3 Å². The van der Waals surface area contributed by atoms with Crippen LogP contribution in [0, 0.1) is 30.6 Å². The number of unbranched alkanes of at least 4 members (excludes halogenated alkanes) is 2. The second-order valence-corrected chi connectivity index (χ2v) is 14.2. The predicted octanol–water partition coefficient (Wildman–Crippen LogP) is 5.98. The predicted molar refractivity (Wildman–Crippen MR) is 185 cm³/mol. The number of carboxylic acid groups (broad SMARTS) is 1. The SMILES string of the molecule is Cc1ccc(NN2C(=O)[C@@H]3C[C@@H]4C(=CC[C@@H]5C(=O)N(CCCCCC(=O)O)C(=O)[C@@H]54)[C@H](c4ccc(O)cc4Cl)[C@]3(c3ccccc3)C2=O)cc1. The van der Waals surface area contributed by atoms with E-state index in [0.29, 0.717) is 36.1 Å². The highest BCUT2D eigenvalue weighted by Crippen LogP contribution is 2.64. The number of allylic oxidation sites excluding steroid dienone is 2. The van der Waals surface area contributed by atoms with Gasteiger partial charge < -0.3 is 10.2 Å². The molecule has 3 N–H and O–H groups in total. The number of aryl methyl sites for hydroxylation is 1. The maximum absolute atomic E-state index is 15.1. The first-order chi connectivity index (χ1) is 24.0. The first kappa shape index (κ1) is 33.5. The van der Waals surface area contributed by atoms with Crippen molar-refractivity contribution in [2.45, 2.75) is 56.8 Å². The molecule has 2 aliphatic heterocycles. The van der Waals surface area contributed by atoms with E-state index in [0.717, 1.165) is 16.1 Å². The number of anilines is 1. The third-order valence-corrected chi connectivity index (χ3v) is 11.4. The minimum absolute atomic E-state index is 0.0246. The van der Waals surface area contributed by atoms with Crippen LogP contribution in [0.15, 0.2) is 84.4 Å². The van der Waals surface area contributed by atoms with Crippen molar-refractivity contribution in [1.82, 2.24) is 9.91 Å². The maximum atomic E-state index is 15.1. The number of aromatic hydroxyl groups is 1. The van der Waals surface area contributed by atoms with Gasteiger partial charge in [0.1, 0.15) is 5.75 Å². The van der Waals surface area contributed by atoms with Crippen molar-refractivity contribution in [3.63, 3.8) is 0 Å². The summed E-state index contributed by atoms with van der Waals surface area (Å²) in [6.45, 7) is 2.14. The lowest BCUT2D eigenvalue weighted by molar-refractivity contribution is -0.141. The van der Waals surface area contributed by atoms with E-state index in [1.54, 1.807) is 18.2 Å². The molecular formula is C39H38ClN3O7. The number of nitrogens with one attached hydrogen (secondary N) is 1. The molecule has 11 heteroatoms. The number of nitrogens with zero attached hydrogens (tertiary/aromatic N) is 2. The summed E-state index contributed by atoms with van der Waals surface area (Å²) in [5.41, 5.74) is 5.15. The summed E-state index contributed by atoms with van der Waals surface area (Å²) < 4.78 is 0. The van der Waals surface area contributed by atoms with Crippen molar-refractivity contribution >= 4 is 46.9 Å². The van der Waals surface area contributed by atoms with Gasteiger partial charge in [0.15, 0.2) is 0 Å². The number of likely N-dealkylation sites (tertiary alicyclic amines) is 1. The molecule has 0 radical (unpaired) electrons. The lowest BCUT2D eigenvalue weighted by Crippen LogP contribution is -2.53. The van der Waals surface area contributed by atoms with Crippen molar-refractivity contribution in [3.8, 4) is 5.75 Å². The molecule has 4 aliphatic rings. The lowest BCUT2D eigenvalue weighted by atomic mass is 9.49. The average molecular weight is 696 g/mol. The number of carbonyl (C=O) groups is 5. The monoisotopic (exact) mass is 695 g/mol. The van der Waals surface area contributed by atoms with Crippen molar-refractivity contribution in [1.29, 1.82) is 0 Å². The quantitative estimate of drug-likeness (QED) is 0.133. The highest BCUT2D eigenvalue weighted by molar-refractivity contribution is 6.31. The molecule has 2 saturated heterocycles. The zero-order valence-corrected chi connectivity index (χ0v) is 28.3. The fourth-order valence-electron chi connectivity index (χ4n) is 8.85. The number of hydrogen-bond donors (Lipinski definition) is 3. The first-order valence-electron chi connectivity index (χ1n) is 17.1. The van der Waals surface area contributed by atoms with E-state index in [2.05, 4.69) is 5.43 Å². The Morgan fingerprint density at radius 3 is 2.36 bits per heavy atom. The van der Waals surface area contributed by atoms with Gasteiger partial charge in [0.25, 0.3) is 11.8 Å². The van der Waals surface area contributed by atoms with Crippen LogP contribution in [-0.2, 0) is 29.4 Å². The van der Waals surface area contributed by atoms with Crippen LogP contribution in [0.2, 0.25) is 5.02 Å². The largest absolute Gasteiger partial charge is 0.508 e. The molecule has 3 aromatic carbocycles. The number of fused-ring (bicyclic) bond motifs is 4. The molecule has 7 rings (SSSR count). The Morgan fingerprint density at radius 1 is 0.920 bits per heavy atom. The Bertz CT molecular complexity index is 1910. The van der Waals surface area contributed by atoms with Gasteiger partial charge >= 0.3 is 5.97 Å². The second kappa shape index (κ2) is 13.1. The summed E-state index contributed by atoms with van der Waals surface area (Å²) in [7, 11) is 0. The average Bonchev–Trinajstić information content (AvgIpc) is 3.47. The number of phenolic OH excluding ortho intramolecular Hbond substituents is 1. The zero-order valence-electron chi connectivity index (χ0n) is 27.6. The van der Waals surface area contributed by atoms with E-state index >= 15 is 4.79 Å². The smallest absolute Gasteiger partial charge is 0.303 e. The highest BCUT2D eigenvalue weighted by atomic mass is 35.5. The highest BCUT2D eigenvalue weighted by Gasteiger charge is 2.70. The number of imide groups is 2. The fraction of sp³-hybridized carbons (Fsp3) is 0.359. The molecule has 258 valence electrons. The molecule has 50 heavy (non-hydrogen) atoms. The van der Waals surface area contributed by atoms with Crippen molar-refractivity contribution in [2.24, 2.45) is 23.7 Å². The van der Waals surface area contributed by atoms with Crippen LogP contribution < -0.4 is 5.43 Å². The summed E-state index contributed by atoms with van der Waals surface area (Å²) in [6, 6.07) is 21.2. The molecule has 0 bridgehead atoms. The number of aliphatic carboxylic acids is 1. The molecule has 10 nitrogen and oxygen atoms in total. The van der Waals surface area contributed by atoms with Gasteiger partial charge in [-0.2, -0.15) is 5.01 Å². The number of carboxylic acids is 1. The van der Waals surface area contributed by atoms with E-state index in [9.17, 15) is 24.3 Å². The Labute approximate surface area is 294 Å². The fourth-order valence-corrected chi connectivity index (χ4v) is 9.13. The third kappa shape index (κ3) is 5.37. The molecule has 0 unspecified atom stereocenters. The Kier molecular flexibility index (Phi) is 8.76. The van der Waals surface area contributed by atoms with Crippen LogP contribution in [0.3, 0.4) is 0 Å². The van der Waals surface area contributed by atoms with Crippen LogP contribution in [0.25, 0.3) is 0 Å². The number of benzene rings is 3. The van der Waals surface area contributed by atoms with E-state index in [4.69, 9.17) is 16.7 Å². The van der Waals surface area contributed by atoms with Gasteiger partial charge in [-0.15, -0.1) is 0 Å². The molecule has 0 spiro atoms. The molecule has 6 atom stereocenters. The molecule has 2 aliphatic carbocycles. The van der Waals surface area contributed by atoms with Gasteiger partial charge in [0, 0.05) is 23.9 Å². The third-order valence-electron chi connectivity index (χ3n) is 11.1. The van der Waals surface area contributed by atoms with Gasteiger partial charge in [-0.1, -0.05) is 83.8 Å². The molecule has 4 amide bonds. The van der Waals surface area contributed by atoms with Crippen LogP contribution in [0.4, 0.5) is 5.69 Å². The molecular weight excluding hydrogens is 658 g/mol. The maximum Gasteiger partial charge on any atom is 0.303 e. The van der Waals surface area contributed by atoms with Crippen LogP contribution >= 0.6 is 11.6 Å². The Morgan fingerprint density at radius 2 is 1.66 bits per heavy atom. The van der Waals surface area contributed by atoms with Crippen LogP contribution in [0.1, 0.15) is 61.1 Å². The Hall–Kier alpha value is -4.96. The molecule has 2 heterocycles. The standard InChI is InChI=1S/C39H38ClN3O7/c1-22-11-13-24(14-12-22)41-43-36(48)30-21-29-26(17-18-28-33(29)37(49)42(35(28)47)19-7-3-6-10-32(45)46)34(27-16-15-25(44)20-31(27)40)39(30,38(43)50)23-8-4-2-5-9-23/h2,4-5,8-9,11-17,20,28-30,33-34,41,44H,3,6-7,10,18-19,21H2,1H3,(H,45,46)/t28-,29+,30-,33-,34+,39+/m0/s1. The van der Waals surface area contributed by atoms with Crippen molar-refractivity contribution < 1.29 is 34.2 Å². The topological polar surface area (TPSA) is 144 Å². The van der Waals surface area contributed by atoms with Crippen LogP contribution in [0.5, 0.6) is 5.75 Å². The number of hydrogen-bond acceptors (Lipinski definition) is 7. The molecule has 0 aromatic heterocycles. The number of carbonyl (C=O) groups excluding carboxylic acids is 4. The molecule has 3 fully saturated rings. The van der Waals surface area contributed by atoms with Gasteiger partial charge in [0.05, 0.1) is 28.9 Å². The number of phenols is 1. The summed E-state index contributed by atoms with van der Waals surface area (Å²) in [5.74, 6) is -5.97. The zero-order chi connectivity index (χ0) is 35.3. The number of amides is 4. The van der Waals surface area contributed by atoms with E-state index in [1.165, 1.54) is 17.0 Å². The number of hydrazine groups is 1. The van der Waals surface area contributed by atoms with Crippen molar-refractivity contribution in [2.75, 3.05) is 12.0 Å². The number of halogens is 1. The number of rotatable bonds is 10. The lowest BCUT2D eigenvalue weighted by Gasteiger charge is -2.50. The van der Waals surface area contributed by atoms with Gasteiger partial charge in [-0.3, -0.25) is 34.3 Å². The van der Waals surface area contributed by atoms with E-state index in [-0.39, 0.29) is 48.4 Å². The van der Waals surface area contributed by atoms with Gasteiger partial charge in [0.2, 0.25) is 11.8 Å². The molecule has 1 saturated carbocycles. The van der Waals surface area contributed by atoms with Crippen molar-refractivity contribution in [3.05, 3.63) is 106 Å². The Balaban J connectivity index is 1.34. The summed E-state index contributed by atoms with van der Waals surface area (Å²) in [5, 5.41) is 20.7. The summed E-state index contributed by atoms with van der Waals surface area (Å²) >= 11 is 6.91. The normalized spacial score (nSPS) is 27.2. The van der Waals surface area contributed by atoms with E-state index < -0.39 is 52.8 Å². The van der Waals surface area contributed by atoms with Gasteiger partial charge in [-0.25, -0.2) is 0 Å². The molecule has 3 aromatic rings. The summed E-state index contributed by atoms with van der Waals surface area (Å²) in [6.07, 6.45) is 3.95. The second-order valence-electron chi connectivity index (χ2n) is 13.8.